The summed E-state index contributed by atoms with van der Waals surface area (Å²) in [5.41, 5.74) is 2.46. The fourth-order valence-electron chi connectivity index (χ4n) is 1.98. The minimum atomic E-state index is 0.000746. The molecule has 0 spiro atoms. The van der Waals surface area contributed by atoms with Gasteiger partial charge in [-0.05, 0) is 0 Å². The van der Waals surface area contributed by atoms with E-state index < -0.39 is 0 Å². The van der Waals surface area contributed by atoms with Gasteiger partial charge in [0.05, 0.1) is 0 Å². The second-order valence-corrected chi connectivity index (χ2v) is 7.14. The monoisotopic (exact) mass is 332 g/mol. The van der Waals surface area contributed by atoms with E-state index in [0.29, 0.717) is 6.61 Å². The Kier molecular flexibility index (Phi) is 5.60. The van der Waals surface area contributed by atoms with Crippen molar-refractivity contribution in [2.24, 2.45) is 0 Å². The standard InChI is InChI=1S/C18H20OSe/c1-4-19-18(16-12-10-14(2)11-13-16)15(3)20-17-8-6-5-7-9-17/h5-13,18H,3-4H2,1-2H3. The van der Waals surface area contributed by atoms with Gasteiger partial charge in [0, 0.05) is 0 Å². The van der Waals surface area contributed by atoms with Gasteiger partial charge in [0.15, 0.2) is 0 Å². The summed E-state index contributed by atoms with van der Waals surface area (Å²) >= 11 is 0.228. The summed E-state index contributed by atoms with van der Waals surface area (Å²) in [6, 6.07) is 19.0. The summed E-state index contributed by atoms with van der Waals surface area (Å²) < 4.78 is 8.41. The fraction of sp³-hybridized carbons (Fsp3) is 0.222. The molecule has 0 aliphatic rings. The molecule has 0 aliphatic heterocycles. The summed E-state index contributed by atoms with van der Waals surface area (Å²) in [7, 11) is 0. The Bertz CT molecular complexity index is 545. The molecule has 104 valence electrons. The fourth-order valence-corrected chi connectivity index (χ4v) is 3.88. The van der Waals surface area contributed by atoms with E-state index >= 15 is 0 Å². The van der Waals surface area contributed by atoms with Crippen LogP contribution in [0.1, 0.15) is 24.2 Å². The van der Waals surface area contributed by atoms with Gasteiger partial charge in [0.25, 0.3) is 0 Å². The summed E-state index contributed by atoms with van der Waals surface area (Å²) in [5.74, 6) is 0. The van der Waals surface area contributed by atoms with Crippen molar-refractivity contribution in [1.29, 1.82) is 0 Å². The maximum atomic E-state index is 5.92. The average molecular weight is 331 g/mol. The molecule has 0 N–H and O–H groups in total. The molecular weight excluding hydrogens is 311 g/mol. The van der Waals surface area contributed by atoms with Crippen LogP contribution < -0.4 is 4.46 Å². The number of hydrogen-bond donors (Lipinski definition) is 0. The van der Waals surface area contributed by atoms with Gasteiger partial charge < -0.3 is 0 Å². The molecule has 20 heavy (non-hydrogen) atoms. The number of aryl methyl sites for hydroxylation is 1. The predicted octanol–water partition coefficient (Wildman–Crippen LogP) is 3.62. The summed E-state index contributed by atoms with van der Waals surface area (Å²) in [6.45, 7) is 9.10. The van der Waals surface area contributed by atoms with Crippen LogP contribution in [-0.4, -0.2) is 21.6 Å². The Morgan fingerprint density at radius 1 is 1.10 bits per heavy atom. The van der Waals surface area contributed by atoms with Crippen molar-refractivity contribution in [2.75, 3.05) is 6.61 Å². The molecule has 2 aromatic rings. The first-order valence-electron chi connectivity index (χ1n) is 6.80. The molecule has 0 saturated heterocycles. The van der Waals surface area contributed by atoms with E-state index in [1.54, 1.807) is 0 Å². The molecule has 1 unspecified atom stereocenters. The van der Waals surface area contributed by atoms with Crippen molar-refractivity contribution in [3.05, 3.63) is 76.8 Å². The van der Waals surface area contributed by atoms with E-state index in [0.717, 1.165) is 4.47 Å². The number of benzene rings is 2. The normalized spacial score (nSPS) is 12.1. The second kappa shape index (κ2) is 7.44. The molecule has 0 bridgehead atoms. The summed E-state index contributed by atoms with van der Waals surface area (Å²) in [5, 5.41) is 0. The van der Waals surface area contributed by atoms with Crippen molar-refractivity contribution >= 4 is 19.4 Å². The molecule has 0 saturated carbocycles. The van der Waals surface area contributed by atoms with Gasteiger partial charge in [-0.3, -0.25) is 0 Å². The van der Waals surface area contributed by atoms with Crippen LogP contribution in [0.3, 0.4) is 0 Å². The van der Waals surface area contributed by atoms with Crippen molar-refractivity contribution in [1.82, 2.24) is 0 Å². The van der Waals surface area contributed by atoms with Crippen LogP contribution in [0.25, 0.3) is 0 Å². The zero-order chi connectivity index (χ0) is 14.4. The van der Waals surface area contributed by atoms with Gasteiger partial charge in [-0.15, -0.1) is 0 Å². The Labute approximate surface area is 127 Å². The maximum absolute atomic E-state index is 5.92. The van der Waals surface area contributed by atoms with E-state index in [1.807, 2.05) is 13.0 Å². The average Bonchev–Trinajstić information content (AvgIpc) is 2.47. The van der Waals surface area contributed by atoms with Crippen molar-refractivity contribution < 1.29 is 4.74 Å². The molecular formula is C18H20OSe. The second-order valence-electron chi connectivity index (χ2n) is 4.63. The number of ether oxygens (including phenoxy) is 1. The van der Waals surface area contributed by atoms with Crippen molar-refractivity contribution in [3.63, 3.8) is 0 Å². The van der Waals surface area contributed by atoms with Crippen LogP contribution in [0.15, 0.2) is 65.6 Å². The van der Waals surface area contributed by atoms with Crippen LogP contribution >= 0.6 is 0 Å². The van der Waals surface area contributed by atoms with Gasteiger partial charge in [-0.1, -0.05) is 0 Å². The van der Waals surface area contributed by atoms with Crippen LogP contribution in [0.2, 0.25) is 0 Å². The number of hydrogen-bond acceptors (Lipinski definition) is 1. The number of rotatable bonds is 6. The zero-order valence-electron chi connectivity index (χ0n) is 12.0. The van der Waals surface area contributed by atoms with Crippen molar-refractivity contribution in [3.8, 4) is 0 Å². The van der Waals surface area contributed by atoms with Crippen LogP contribution in [0.5, 0.6) is 0 Å². The molecule has 0 aliphatic carbocycles. The van der Waals surface area contributed by atoms with E-state index in [1.165, 1.54) is 15.6 Å². The topological polar surface area (TPSA) is 9.23 Å². The van der Waals surface area contributed by atoms with E-state index in [2.05, 4.69) is 62.0 Å². The molecule has 2 heteroatoms. The molecule has 1 atom stereocenters. The van der Waals surface area contributed by atoms with Gasteiger partial charge in [-0.25, -0.2) is 0 Å². The molecule has 0 fully saturated rings. The quantitative estimate of drug-likeness (QED) is 0.735. The van der Waals surface area contributed by atoms with Crippen LogP contribution in [0.4, 0.5) is 0 Å². The summed E-state index contributed by atoms with van der Waals surface area (Å²) in [4.78, 5) is 0. The Morgan fingerprint density at radius 2 is 1.75 bits per heavy atom. The molecule has 1 nitrogen and oxygen atoms in total. The van der Waals surface area contributed by atoms with E-state index in [4.69, 9.17) is 4.74 Å². The molecule has 2 aromatic carbocycles. The first kappa shape index (κ1) is 15.1. The van der Waals surface area contributed by atoms with Gasteiger partial charge in [-0.2, -0.15) is 0 Å². The first-order valence-corrected chi connectivity index (χ1v) is 8.52. The van der Waals surface area contributed by atoms with Gasteiger partial charge in [0.2, 0.25) is 0 Å². The molecule has 0 aromatic heterocycles. The zero-order valence-corrected chi connectivity index (χ0v) is 13.7. The Hall–Kier alpha value is -1.34. The molecule has 0 amide bonds. The molecule has 0 radical (unpaired) electrons. The first-order chi connectivity index (χ1) is 9.70. The minimum absolute atomic E-state index is 0.000746. The van der Waals surface area contributed by atoms with Crippen LogP contribution in [0, 0.1) is 6.92 Å². The third-order valence-electron chi connectivity index (χ3n) is 3.00. The van der Waals surface area contributed by atoms with E-state index in [9.17, 15) is 0 Å². The predicted molar refractivity (Wildman–Crippen MR) is 86.5 cm³/mol. The Balaban J connectivity index is 2.15. The molecule has 0 heterocycles. The van der Waals surface area contributed by atoms with E-state index in [-0.39, 0.29) is 21.1 Å². The van der Waals surface area contributed by atoms with Gasteiger partial charge >= 0.3 is 127 Å². The SMILES string of the molecule is C=C([Se]c1ccccc1)C(OCC)c1ccc(C)cc1. The van der Waals surface area contributed by atoms with Crippen molar-refractivity contribution in [2.45, 2.75) is 20.0 Å². The van der Waals surface area contributed by atoms with Gasteiger partial charge in [0.1, 0.15) is 0 Å². The Morgan fingerprint density at radius 3 is 2.35 bits per heavy atom. The molecule has 2 rings (SSSR count). The third-order valence-corrected chi connectivity index (χ3v) is 5.06. The van der Waals surface area contributed by atoms with Crippen LogP contribution in [-0.2, 0) is 4.74 Å². The third kappa shape index (κ3) is 4.08. The summed E-state index contributed by atoms with van der Waals surface area (Å²) in [6.07, 6.45) is 0.000746.